The molecule has 6 heteroatoms. The van der Waals surface area contributed by atoms with Crippen LogP contribution in [0, 0.1) is 16.7 Å². The van der Waals surface area contributed by atoms with Crippen LogP contribution in [0.2, 0.25) is 0 Å². The van der Waals surface area contributed by atoms with Crippen LogP contribution >= 0.6 is 0 Å². The van der Waals surface area contributed by atoms with Crippen molar-refractivity contribution in [1.82, 2.24) is 4.90 Å². The molecule has 1 aromatic carbocycles. The Hall–Kier alpha value is -1.94. The number of aliphatic hydroxyl groups excluding tert-OH is 1. The van der Waals surface area contributed by atoms with Crippen LogP contribution in [-0.4, -0.2) is 53.9 Å². The summed E-state index contributed by atoms with van der Waals surface area (Å²) in [7, 11) is 0. The number of amides is 1. The first-order valence-corrected chi connectivity index (χ1v) is 10.3. The number of nitriles is 1. The van der Waals surface area contributed by atoms with Crippen molar-refractivity contribution >= 4 is 5.91 Å². The van der Waals surface area contributed by atoms with Gasteiger partial charge in [0.25, 0.3) is 0 Å². The molecule has 0 unspecified atom stereocenters. The van der Waals surface area contributed by atoms with E-state index in [2.05, 4.69) is 6.07 Å². The summed E-state index contributed by atoms with van der Waals surface area (Å²) in [6.07, 6.45) is 3.01. The number of likely N-dealkylation sites (tertiary alicyclic amines) is 1. The molecule has 3 saturated heterocycles. The Kier molecular flexibility index (Phi) is 5.42. The maximum Gasteiger partial charge on any atom is 0.243 e. The molecule has 1 aromatic rings. The van der Waals surface area contributed by atoms with Crippen molar-refractivity contribution in [1.29, 1.82) is 5.26 Å². The first-order chi connectivity index (χ1) is 13.6. The van der Waals surface area contributed by atoms with Crippen LogP contribution in [0.5, 0.6) is 0 Å². The SMILES string of the molecule is N#CC1(C(=O)N2CCC3(CC2)C[C@H](O)C[C@H](c2ccccc2)O3)CCOCC1. The maximum atomic E-state index is 13.1. The van der Waals surface area contributed by atoms with Crippen LogP contribution in [0.15, 0.2) is 30.3 Å². The molecule has 1 spiro atoms. The Morgan fingerprint density at radius 2 is 1.82 bits per heavy atom. The highest BCUT2D eigenvalue weighted by molar-refractivity contribution is 5.85. The third kappa shape index (κ3) is 3.67. The van der Waals surface area contributed by atoms with E-state index in [1.807, 2.05) is 35.2 Å². The standard InChI is InChI=1S/C22H28N2O4/c23-16-21(8-12-27-13-9-21)20(26)24-10-6-22(7-11-24)15-18(25)14-19(28-22)17-4-2-1-3-5-17/h1-5,18-19,25H,6-15H2/t18-,19-/m1/s1. The number of hydrogen-bond acceptors (Lipinski definition) is 5. The lowest BCUT2D eigenvalue weighted by molar-refractivity contribution is -0.187. The Morgan fingerprint density at radius 1 is 1.14 bits per heavy atom. The molecule has 1 N–H and O–H groups in total. The molecule has 0 aromatic heterocycles. The minimum Gasteiger partial charge on any atom is -0.393 e. The third-order valence-electron chi connectivity index (χ3n) is 6.59. The minimum atomic E-state index is -0.942. The summed E-state index contributed by atoms with van der Waals surface area (Å²) in [6, 6.07) is 12.3. The van der Waals surface area contributed by atoms with Gasteiger partial charge in [0.2, 0.25) is 5.91 Å². The van der Waals surface area contributed by atoms with Gasteiger partial charge in [-0.1, -0.05) is 30.3 Å². The minimum absolute atomic E-state index is 0.0656. The van der Waals surface area contributed by atoms with Crippen LogP contribution in [-0.2, 0) is 14.3 Å². The maximum absolute atomic E-state index is 13.1. The molecule has 3 heterocycles. The highest BCUT2D eigenvalue weighted by Crippen LogP contribution is 2.44. The van der Waals surface area contributed by atoms with E-state index in [4.69, 9.17) is 9.47 Å². The van der Waals surface area contributed by atoms with Gasteiger partial charge in [0.05, 0.1) is 23.9 Å². The van der Waals surface area contributed by atoms with Gasteiger partial charge in [-0.2, -0.15) is 5.26 Å². The number of aliphatic hydroxyl groups is 1. The van der Waals surface area contributed by atoms with E-state index in [0.717, 1.165) is 5.56 Å². The Bertz CT molecular complexity index is 731. The van der Waals surface area contributed by atoms with E-state index in [1.165, 1.54) is 0 Å². The predicted molar refractivity (Wildman–Crippen MR) is 102 cm³/mol. The van der Waals surface area contributed by atoms with Crippen molar-refractivity contribution < 1.29 is 19.4 Å². The number of nitrogens with zero attached hydrogens (tertiary/aromatic N) is 2. The second-order valence-electron chi connectivity index (χ2n) is 8.39. The lowest BCUT2D eigenvalue weighted by Crippen LogP contribution is -2.55. The number of ether oxygens (including phenoxy) is 2. The molecule has 150 valence electrons. The highest BCUT2D eigenvalue weighted by Gasteiger charge is 2.48. The molecule has 3 fully saturated rings. The molecule has 0 aliphatic carbocycles. The van der Waals surface area contributed by atoms with Crippen LogP contribution in [0.4, 0.5) is 0 Å². The highest BCUT2D eigenvalue weighted by atomic mass is 16.5. The van der Waals surface area contributed by atoms with Crippen molar-refractivity contribution in [2.45, 2.75) is 56.3 Å². The third-order valence-corrected chi connectivity index (χ3v) is 6.59. The van der Waals surface area contributed by atoms with Crippen molar-refractivity contribution in [3.8, 4) is 6.07 Å². The number of benzene rings is 1. The molecule has 28 heavy (non-hydrogen) atoms. The monoisotopic (exact) mass is 384 g/mol. The van der Waals surface area contributed by atoms with Gasteiger partial charge in [-0.05, 0) is 31.2 Å². The first kappa shape index (κ1) is 19.4. The van der Waals surface area contributed by atoms with Gasteiger partial charge in [-0.25, -0.2) is 0 Å². The fourth-order valence-electron chi connectivity index (χ4n) is 4.86. The zero-order chi connectivity index (χ0) is 19.6. The van der Waals surface area contributed by atoms with E-state index in [1.54, 1.807) is 0 Å². The lowest BCUT2D eigenvalue weighted by atomic mass is 9.77. The van der Waals surface area contributed by atoms with Gasteiger partial charge in [0.1, 0.15) is 5.41 Å². The summed E-state index contributed by atoms with van der Waals surface area (Å²) < 4.78 is 11.9. The van der Waals surface area contributed by atoms with Crippen molar-refractivity contribution in [2.75, 3.05) is 26.3 Å². The van der Waals surface area contributed by atoms with Crippen LogP contribution < -0.4 is 0 Å². The zero-order valence-corrected chi connectivity index (χ0v) is 16.2. The Morgan fingerprint density at radius 3 is 2.46 bits per heavy atom. The number of rotatable bonds is 2. The average Bonchev–Trinajstić information content (AvgIpc) is 2.74. The normalized spacial score (nSPS) is 29.2. The topological polar surface area (TPSA) is 82.8 Å². The number of hydrogen-bond donors (Lipinski definition) is 1. The Balaban J connectivity index is 1.44. The molecular formula is C22H28N2O4. The predicted octanol–water partition coefficient (Wildman–Crippen LogP) is 2.58. The van der Waals surface area contributed by atoms with Crippen molar-refractivity contribution in [3.63, 3.8) is 0 Å². The first-order valence-electron chi connectivity index (χ1n) is 10.3. The van der Waals surface area contributed by atoms with E-state index in [9.17, 15) is 15.2 Å². The number of carbonyl (C=O) groups excluding carboxylic acids is 1. The average molecular weight is 384 g/mol. The molecule has 2 atom stereocenters. The van der Waals surface area contributed by atoms with E-state index < -0.39 is 17.1 Å². The van der Waals surface area contributed by atoms with E-state index in [0.29, 0.717) is 64.8 Å². The quantitative estimate of drug-likeness (QED) is 0.847. The van der Waals surface area contributed by atoms with Gasteiger partial charge in [0.15, 0.2) is 0 Å². The molecule has 0 saturated carbocycles. The molecule has 3 aliphatic rings. The van der Waals surface area contributed by atoms with Gasteiger partial charge in [0, 0.05) is 39.1 Å². The van der Waals surface area contributed by atoms with Crippen LogP contribution in [0.3, 0.4) is 0 Å². The summed E-state index contributed by atoms with van der Waals surface area (Å²) in [5.74, 6) is -0.0656. The molecule has 0 radical (unpaired) electrons. The fraction of sp³-hybridized carbons (Fsp3) is 0.636. The van der Waals surface area contributed by atoms with Gasteiger partial charge in [-0.3, -0.25) is 4.79 Å². The molecule has 6 nitrogen and oxygen atoms in total. The van der Waals surface area contributed by atoms with Gasteiger partial charge >= 0.3 is 0 Å². The number of piperidine rings is 1. The zero-order valence-electron chi connectivity index (χ0n) is 16.2. The largest absolute Gasteiger partial charge is 0.393 e. The second kappa shape index (κ2) is 7.82. The van der Waals surface area contributed by atoms with Gasteiger partial charge < -0.3 is 19.5 Å². The summed E-state index contributed by atoms with van der Waals surface area (Å²) in [5.41, 5.74) is -0.253. The summed E-state index contributed by atoms with van der Waals surface area (Å²) in [6.45, 7) is 2.06. The number of carbonyl (C=O) groups is 1. The summed E-state index contributed by atoms with van der Waals surface area (Å²) >= 11 is 0. The summed E-state index contributed by atoms with van der Waals surface area (Å²) in [5, 5.41) is 20.2. The van der Waals surface area contributed by atoms with Crippen molar-refractivity contribution in [3.05, 3.63) is 35.9 Å². The molecule has 1 amide bonds. The van der Waals surface area contributed by atoms with Crippen LogP contribution in [0.25, 0.3) is 0 Å². The van der Waals surface area contributed by atoms with E-state index >= 15 is 0 Å². The smallest absolute Gasteiger partial charge is 0.243 e. The lowest BCUT2D eigenvalue weighted by Gasteiger charge is -2.49. The molecule has 0 bridgehead atoms. The molecule has 3 aliphatic heterocycles. The van der Waals surface area contributed by atoms with Crippen molar-refractivity contribution in [2.24, 2.45) is 5.41 Å². The second-order valence-corrected chi connectivity index (χ2v) is 8.39. The van der Waals surface area contributed by atoms with Gasteiger partial charge in [-0.15, -0.1) is 0 Å². The fourth-order valence-corrected chi connectivity index (χ4v) is 4.86. The Labute approximate surface area is 166 Å². The van der Waals surface area contributed by atoms with Crippen LogP contribution in [0.1, 0.15) is 50.2 Å². The summed E-state index contributed by atoms with van der Waals surface area (Å²) in [4.78, 5) is 14.9. The molecule has 4 rings (SSSR count). The molecular weight excluding hydrogens is 356 g/mol. The van der Waals surface area contributed by atoms with E-state index in [-0.39, 0.29) is 12.0 Å².